The minimum atomic E-state index is 0.0625. The molecule has 0 aliphatic rings. The van der Waals surface area contributed by atoms with Gasteiger partial charge < -0.3 is 39.6 Å². The molecule has 1 amide bonds. The maximum absolute atomic E-state index is 11.7. The summed E-state index contributed by atoms with van der Waals surface area (Å²) in [5.74, 6) is 1.38. The number of amides is 1. The van der Waals surface area contributed by atoms with Gasteiger partial charge in [0.05, 0.1) is 59.5 Å². The Hall–Kier alpha value is -0.810. The third-order valence-electron chi connectivity index (χ3n) is 6.26. The molecule has 0 saturated heterocycles. The molecule has 0 bridgehead atoms. The average Bonchev–Trinajstić information content (AvgIpc) is 2.89. The van der Waals surface area contributed by atoms with E-state index in [1.165, 1.54) is 6.42 Å². The summed E-state index contributed by atoms with van der Waals surface area (Å²) in [6.07, 6.45) is 5.97. The lowest BCUT2D eigenvalue weighted by molar-refractivity contribution is -0.122. The Morgan fingerprint density at radius 3 is 1.69 bits per heavy atom. The van der Waals surface area contributed by atoms with E-state index >= 15 is 0 Å². The van der Waals surface area contributed by atoms with Crippen LogP contribution in [0.1, 0.15) is 80.1 Å². The van der Waals surface area contributed by atoms with Crippen LogP contribution in [0.4, 0.5) is 0 Å². The Bertz CT molecular complexity index is 525. The fourth-order valence-electron chi connectivity index (χ4n) is 3.72. The van der Waals surface area contributed by atoms with Gasteiger partial charge in [-0.1, -0.05) is 34.6 Å². The number of carbonyl (C=O) groups is 1. The molecule has 0 rings (SSSR count). The predicted molar refractivity (Wildman–Crippen MR) is 159 cm³/mol. The lowest BCUT2D eigenvalue weighted by atomic mass is 9.99. The van der Waals surface area contributed by atoms with E-state index in [4.69, 9.17) is 23.7 Å². The van der Waals surface area contributed by atoms with Crippen LogP contribution in [0.25, 0.3) is 0 Å². The smallest absolute Gasteiger partial charge is 0.222 e. The topological polar surface area (TPSA) is 99.3 Å². The maximum atomic E-state index is 11.7. The van der Waals surface area contributed by atoms with Crippen LogP contribution >= 0.6 is 0 Å². The molecule has 0 aliphatic heterocycles. The van der Waals surface area contributed by atoms with Crippen LogP contribution in [-0.4, -0.2) is 104 Å². The van der Waals surface area contributed by atoms with Crippen LogP contribution < -0.4 is 16.0 Å². The number of nitrogens with one attached hydrogen (secondary N) is 3. The van der Waals surface area contributed by atoms with Gasteiger partial charge in [0.1, 0.15) is 0 Å². The Morgan fingerprint density at radius 1 is 0.564 bits per heavy atom. The Labute approximate surface area is 240 Å². The molecule has 0 heterocycles. The van der Waals surface area contributed by atoms with E-state index in [0.29, 0.717) is 83.2 Å². The van der Waals surface area contributed by atoms with Gasteiger partial charge in [-0.3, -0.25) is 4.79 Å². The fourth-order valence-corrected chi connectivity index (χ4v) is 3.72. The van der Waals surface area contributed by atoms with Crippen molar-refractivity contribution in [3.8, 4) is 0 Å². The molecule has 2 unspecified atom stereocenters. The van der Waals surface area contributed by atoms with Crippen molar-refractivity contribution < 1.29 is 28.5 Å². The van der Waals surface area contributed by atoms with E-state index < -0.39 is 0 Å². The molecule has 234 valence electrons. The summed E-state index contributed by atoms with van der Waals surface area (Å²) in [7, 11) is 0. The zero-order valence-electron chi connectivity index (χ0n) is 26.2. The first-order valence-corrected chi connectivity index (χ1v) is 15.4. The van der Waals surface area contributed by atoms with Crippen molar-refractivity contribution in [2.24, 2.45) is 11.8 Å². The van der Waals surface area contributed by atoms with Gasteiger partial charge in [-0.05, 0) is 50.9 Å². The first kappa shape index (κ1) is 38.2. The summed E-state index contributed by atoms with van der Waals surface area (Å²) in [5.41, 5.74) is 0. The number of ether oxygens (including phenoxy) is 5. The number of carbonyl (C=O) groups excluding carboxylic acids is 1. The second-order valence-corrected chi connectivity index (χ2v) is 11.1. The van der Waals surface area contributed by atoms with Gasteiger partial charge in [0, 0.05) is 44.7 Å². The Kier molecular flexibility index (Phi) is 28.1. The second kappa shape index (κ2) is 28.7. The molecule has 9 nitrogen and oxygen atoms in total. The molecular formula is C30H63N3O6. The Morgan fingerprint density at radius 2 is 1.10 bits per heavy atom. The summed E-state index contributed by atoms with van der Waals surface area (Å²) < 4.78 is 27.9. The normalized spacial score (nSPS) is 13.3. The monoisotopic (exact) mass is 561 g/mol. The predicted octanol–water partition coefficient (Wildman–Crippen LogP) is 3.79. The van der Waals surface area contributed by atoms with Crippen LogP contribution in [0.15, 0.2) is 0 Å². The standard InChI is InChI=1S/C30H63N3O6/c1-26(2)8-7-13-33-30(34)12-17-36-20-22-38-19-15-32-29(6)10-9-28(5)11-16-35-21-24-39-25-23-37-18-14-31-27(3)4/h26-29,31-32H,7-25H2,1-6H3,(H,33,34). The van der Waals surface area contributed by atoms with Crippen molar-refractivity contribution in [1.82, 2.24) is 16.0 Å². The summed E-state index contributed by atoms with van der Waals surface area (Å²) >= 11 is 0. The molecule has 0 spiro atoms. The van der Waals surface area contributed by atoms with Gasteiger partial charge in [-0.2, -0.15) is 0 Å². The van der Waals surface area contributed by atoms with Crippen LogP contribution in [-0.2, 0) is 28.5 Å². The zero-order valence-corrected chi connectivity index (χ0v) is 26.2. The lowest BCUT2D eigenvalue weighted by Crippen LogP contribution is -2.30. The van der Waals surface area contributed by atoms with Crippen molar-refractivity contribution in [2.75, 3.05) is 85.7 Å². The minimum absolute atomic E-state index is 0.0625. The van der Waals surface area contributed by atoms with Crippen LogP contribution in [0.2, 0.25) is 0 Å². The largest absolute Gasteiger partial charge is 0.379 e. The van der Waals surface area contributed by atoms with Gasteiger partial charge in [-0.25, -0.2) is 0 Å². The van der Waals surface area contributed by atoms with Crippen LogP contribution in [0.3, 0.4) is 0 Å². The summed E-state index contributed by atoms with van der Waals surface area (Å²) in [6, 6.07) is 0.957. The van der Waals surface area contributed by atoms with Gasteiger partial charge >= 0.3 is 0 Å². The minimum Gasteiger partial charge on any atom is -0.379 e. The van der Waals surface area contributed by atoms with E-state index in [0.717, 1.165) is 58.5 Å². The molecule has 0 radical (unpaired) electrons. The molecule has 0 fully saturated rings. The van der Waals surface area contributed by atoms with Crippen molar-refractivity contribution in [3.05, 3.63) is 0 Å². The quantitative estimate of drug-likeness (QED) is 0.114. The summed E-state index contributed by atoms with van der Waals surface area (Å²) in [4.78, 5) is 11.7. The van der Waals surface area contributed by atoms with E-state index in [1.807, 2.05) is 0 Å². The highest BCUT2D eigenvalue weighted by atomic mass is 16.5. The highest BCUT2D eigenvalue weighted by Gasteiger charge is 2.07. The second-order valence-electron chi connectivity index (χ2n) is 11.1. The third-order valence-corrected chi connectivity index (χ3v) is 6.26. The van der Waals surface area contributed by atoms with Crippen molar-refractivity contribution >= 4 is 5.91 Å². The first-order chi connectivity index (χ1) is 18.8. The molecule has 0 aromatic carbocycles. The molecule has 3 N–H and O–H groups in total. The van der Waals surface area contributed by atoms with Crippen molar-refractivity contribution in [1.29, 1.82) is 0 Å². The summed E-state index contributed by atoms with van der Waals surface area (Å²) in [5, 5.41) is 9.78. The van der Waals surface area contributed by atoms with Gasteiger partial charge in [0.2, 0.25) is 5.91 Å². The van der Waals surface area contributed by atoms with Gasteiger partial charge in [-0.15, -0.1) is 0 Å². The van der Waals surface area contributed by atoms with Crippen molar-refractivity contribution in [2.45, 2.75) is 92.2 Å². The molecule has 0 aromatic rings. The number of rotatable bonds is 30. The van der Waals surface area contributed by atoms with Gasteiger partial charge in [0.25, 0.3) is 0 Å². The van der Waals surface area contributed by atoms with E-state index in [2.05, 4.69) is 57.5 Å². The maximum Gasteiger partial charge on any atom is 0.222 e. The lowest BCUT2D eigenvalue weighted by Gasteiger charge is -2.17. The van der Waals surface area contributed by atoms with E-state index in [1.54, 1.807) is 0 Å². The molecule has 2 atom stereocenters. The molecule has 0 saturated carbocycles. The average molecular weight is 562 g/mol. The number of hydrogen-bond donors (Lipinski definition) is 3. The van der Waals surface area contributed by atoms with Crippen molar-refractivity contribution in [3.63, 3.8) is 0 Å². The molecule has 39 heavy (non-hydrogen) atoms. The van der Waals surface area contributed by atoms with E-state index in [-0.39, 0.29) is 5.91 Å². The van der Waals surface area contributed by atoms with Crippen LogP contribution in [0, 0.1) is 11.8 Å². The third kappa shape index (κ3) is 31.6. The summed E-state index contributed by atoms with van der Waals surface area (Å²) in [6.45, 7) is 21.8. The zero-order chi connectivity index (χ0) is 29.0. The SMILES string of the molecule is CC(C)CCCNC(=O)CCOCCOCCNC(C)CCC(C)CCOCCOCCOCCNC(C)C. The molecular weight excluding hydrogens is 498 g/mol. The molecule has 0 aliphatic carbocycles. The highest BCUT2D eigenvalue weighted by molar-refractivity contribution is 5.75. The highest BCUT2D eigenvalue weighted by Crippen LogP contribution is 2.12. The molecule has 0 aromatic heterocycles. The fraction of sp³-hybridized carbons (Fsp3) is 0.967. The van der Waals surface area contributed by atoms with E-state index in [9.17, 15) is 4.79 Å². The first-order valence-electron chi connectivity index (χ1n) is 15.4. The Balaban J connectivity index is 3.36. The number of hydrogen-bond acceptors (Lipinski definition) is 8. The van der Waals surface area contributed by atoms with Gasteiger partial charge in [0.15, 0.2) is 0 Å². The molecule has 9 heteroatoms. The van der Waals surface area contributed by atoms with Crippen LogP contribution in [0.5, 0.6) is 0 Å².